The fraction of sp³-hybridized carbons (Fsp3) is 0.562. The van der Waals surface area contributed by atoms with Crippen molar-refractivity contribution in [2.75, 3.05) is 46.5 Å². The SMILES string of the molecule is CN1C[C@H]2COC[C@@H]1CN(C(=O)COc1ccc(Cl)cc1Cl)C2. The van der Waals surface area contributed by atoms with E-state index in [4.69, 9.17) is 32.7 Å². The molecule has 0 spiro atoms. The van der Waals surface area contributed by atoms with E-state index in [9.17, 15) is 4.79 Å². The zero-order valence-electron chi connectivity index (χ0n) is 13.0. The van der Waals surface area contributed by atoms with Crippen molar-refractivity contribution in [3.63, 3.8) is 0 Å². The van der Waals surface area contributed by atoms with Crippen molar-refractivity contribution in [3.8, 4) is 5.75 Å². The van der Waals surface area contributed by atoms with Gasteiger partial charge in [-0.1, -0.05) is 23.2 Å². The number of benzene rings is 1. The van der Waals surface area contributed by atoms with Crippen LogP contribution in [0.4, 0.5) is 0 Å². The number of carbonyl (C=O) groups excluding carboxylic acids is 1. The normalized spacial score (nSPS) is 25.1. The number of ether oxygens (including phenoxy) is 2. The Bertz CT molecular complexity index is 584. The molecule has 2 saturated heterocycles. The Morgan fingerprint density at radius 1 is 1.30 bits per heavy atom. The first-order valence-corrected chi connectivity index (χ1v) is 8.42. The van der Waals surface area contributed by atoms with Gasteiger partial charge in [0.15, 0.2) is 6.61 Å². The van der Waals surface area contributed by atoms with Crippen LogP contribution in [0.5, 0.6) is 5.75 Å². The second-order valence-electron chi connectivity index (χ2n) is 6.16. The van der Waals surface area contributed by atoms with Crippen LogP contribution in [0.2, 0.25) is 10.0 Å². The summed E-state index contributed by atoms with van der Waals surface area (Å²) in [5.41, 5.74) is 0. The van der Waals surface area contributed by atoms with Crippen LogP contribution >= 0.6 is 23.2 Å². The van der Waals surface area contributed by atoms with E-state index in [-0.39, 0.29) is 18.6 Å². The Morgan fingerprint density at radius 2 is 2.13 bits per heavy atom. The summed E-state index contributed by atoms with van der Waals surface area (Å²) in [4.78, 5) is 16.7. The molecule has 2 aliphatic heterocycles. The molecule has 3 rings (SSSR count). The quantitative estimate of drug-likeness (QED) is 0.830. The van der Waals surface area contributed by atoms with Crippen molar-refractivity contribution in [1.29, 1.82) is 0 Å². The molecule has 2 aliphatic rings. The summed E-state index contributed by atoms with van der Waals surface area (Å²) in [5, 5.41) is 0.947. The van der Waals surface area contributed by atoms with Crippen molar-refractivity contribution in [3.05, 3.63) is 28.2 Å². The van der Waals surface area contributed by atoms with Gasteiger partial charge in [-0.05, 0) is 25.2 Å². The molecule has 0 aliphatic carbocycles. The molecule has 0 saturated carbocycles. The van der Waals surface area contributed by atoms with Gasteiger partial charge in [0, 0.05) is 30.6 Å². The van der Waals surface area contributed by atoms with Crippen LogP contribution in [-0.4, -0.2) is 68.3 Å². The van der Waals surface area contributed by atoms with Gasteiger partial charge in [-0.3, -0.25) is 9.69 Å². The largest absolute Gasteiger partial charge is 0.482 e. The number of amides is 1. The molecular formula is C16H20Cl2N2O3. The van der Waals surface area contributed by atoms with Crippen LogP contribution in [0, 0.1) is 5.92 Å². The van der Waals surface area contributed by atoms with E-state index >= 15 is 0 Å². The molecule has 1 amide bonds. The highest BCUT2D eigenvalue weighted by Crippen LogP contribution is 2.27. The third-order valence-corrected chi connectivity index (χ3v) is 4.87. The van der Waals surface area contributed by atoms with E-state index in [0.717, 1.165) is 6.54 Å². The minimum absolute atomic E-state index is 0.0225. The van der Waals surface area contributed by atoms with Gasteiger partial charge in [0.1, 0.15) is 5.75 Å². The lowest BCUT2D eigenvalue weighted by Gasteiger charge is -2.29. The molecule has 0 aromatic heterocycles. The molecular weight excluding hydrogens is 339 g/mol. The van der Waals surface area contributed by atoms with Gasteiger partial charge < -0.3 is 14.4 Å². The fourth-order valence-corrected chi connectivity index (χ4v) is 3.54. The van der Waals surface area contributed by atoms with E-state index in [0.29, 0.717) is 48.0 Å². The first-order valence-electron chi connectivity index (χ1n) is 7.66. The van der Waals surface area contributed by atoms with Gasteiger partial charge in [-0.15, -0.1) is 0 Å². The number of likely N-dealkylation sites (N-methyl/N-ethyl adjacent to an activating group) is 1. The highest BCUT2D eigenvalue weighted by molar-refractivity contribution is 6.35. The molecule has 5 nitrogen and oxygen atoms in total. The lowest BCUT2D eigenvalue weighted by molar-refractivity contribution is -0.135. The van der Waals surface area contributed by atoms with Crippen LogP contribution < -0.4 is 4.74 Å². The van der Waals surface area contributed by atoms with Crippen molar-refractivity contribution in [2.24, 2.45) is 5.92 Å². The molecule has 2 fully saturated rings. The van der Waals surface area contributed by atoms with Crippen molar-refractivity contribution >= 4 is 29.1 Å². The average molecular weight is 359 g/mol. The molecule has 1 aromatic rings. The van der Waals surface area contributed by atoms with Crippen LogP contribution in [-0.2, 0) is 9.53 Å². The Hall–Kier alpha value is -1.01. The smallest absolute Gasteiger partial charge is 0.260 e. The molecule has 1 aromatic carbocycles. The van der Waals surface area contributed by atoms with Crippen LogP contribution in [0.15, 0.2) is 18.2 Å². The number of halogens is 2. The zero-order valence-corrected chi connectivity index (χ0v) is 14.5. The molecule has 126 valence electrons. The van der Waals surface area contributed by atoms with E-state index < -0.39 is 0 Å². The number of rotatable bonds is 3. The number of carbonyl (C=O) groups is 1. The van der Waals surface area contributed by atoms with Crippen LogP contribution in [0.25, 0.3) is 0 Å². The van der Waals surface area contributed by atoms with Crippen molar-refractivity contribution in [1.82, 2.24) is 9.80 Å². The second kappa shape index (κ2) is 7.26. The van der Waals surface area contributed by atoms with E-state index in [1.54, 1.807) is 18.2 Å². The standard InChI is InChI=1S/C16H20Cl2N2O3/c1-19-5-11-6-20(7-13(19)9-22-8-11)16(21)10-23-15-3-2-12(17)4-14(15)18/h2-4,11,13H,5-10H2,1H3/t11-,13+/m1/s1. The summed E-state index contributed by atoms with van der Waals surface area (Å²) >= 11 is 11.9. The predicted molar refractivity (Wildman–Crippen MR) is 89.3 cm³/mol. The second-order valence-corrected chi connectivity index (χ2v) is 7.00. The Morgan fingerprint density at radius 3 is 2.91 bits per heavy atom. The first-order chi connectivity index (χ1) is 11.0. The topological polar surface area (TPSA) is 42.0 Å². The van der Waals surface area contributed by atoms with Crippen LogP contribution in [0.1, 0.15) is 0 Å². The maximum Gasteiger partial charge on any atom is 0.260 e. The van der Waals surface area contributed by atoms with Gasteiger partial charge in [-0.25, -0.2) is 0 Å². The lowest BCUT2D eigenvalue weighted by Crippen LogP contribution is -2.46. The summed E-state index contributed by atoms with van der Waals surface area (Å²) in [7, 11) is 2.09. The number of nitrogens with zero attached hydrogens (tertiary/aromatic N) is 2. The zero-order chi connectivity index (χ0) is 16.4. The third-order valence-electron chi connectivity index (χ3n) is 4.34. The number of hydrogen-bond acceptors (Lipinski definition) is 4. The molecule has 23 heavy (non-hydrogen) atoms. The Labute approximate surface area is 146 Å². The fourth-order valence-electron chi connectivity index (χ4n) is 3.08. The lowest BCUT2D eigenvalue weighted by atomic mass is 10.1. The van der Waals surface area contributed by atoms with Gasteiger partial charge >= 0.3 is 0 Å². The van der Waals surface area contributed by atoms with Crippen LogP contribution in [0.3, 0.4) is 0 Å². The van der Waals surface area contributed by atoms with Crippen molar-refractivity contribution in [2.45, 2.75) is 6.04 Å². The number of hydrogen-bond donors (Lipinski definition) is 0. The molecule has 0 radical (unpaired) electrons. The minimum atomic E-state index is -0.0248. The number of fused-ring (bicyclic) bond motifs is 3. The summed E-state index contributed by atoms with van der Waals surface area (Å²) in [5.74, 6) is 0.790. The molecule has 2 bridgehead atoms. The molecule has 0 N–H and O–H groups in total. The highest BCUT2D eigenvalue weighted by atomic mass is 35.5. The van der Waals surface area contributed by atoms with Gasteiger partial charge in [-0.2, -0.15) is 0 Å². The van der Waals surface area contributed by atoms with Gasteiger partial charge in [0.05, 0.1) is 24.3 Å². The minimum Gasteiger partial charge on any atom is -0.482 e. The third kappa shape index (κ3) is 4.10. The first kappa shape index (κ1) is 16.8. The Balaban J connectivity index is 1.61. The Kier molecular flexibility index (Phi) is 5.31. The maximum atomic E-state index is 12.5. The average Bonchev–Trinajstić information content (AvgIpc) is 2.74. The molecule has 0 unspecified atom stereocenters. The summed E-state index contributed by atoms with van der Waals surface area (Å²) in [6, 6.07) is 5.21. The van der Waals surface area contributed by atoms with E-state index in [1.807, 2.05) is 4.90 Å². The van der Waals surface area contributed by atoms with Gasteiger partial charge in [0.2, 0.25) is 0 Å². The molecule has 2 heterocycles. The summed E-state index contributed by atoms with van der Waals surface area (Å²) in [6.07, 6.45) is 0. The van der Waals surface area contributed by atoms with Crippen molar-refractivity contribution < 1.29 is 14.3 Å². The highest BCUT2D eigenvalue weighted by Gasteiger charge is 2.33. The maximum absolute atomic E-state index is 12.5. The van der Waals surface area contributed by atoms with Gasteiger partial charge in [0.25, 0.3) is 5.91 Å². The van der Waals surface area contributed by atoms with E-state index in [1.165, 1.54) is 0 Å². The molecule has 2 atom stereocenters. The summed E-state index contributed by atoms with van der Waals surface area (Å²) in [6.45, 7) is 3.68. The predicted octanol–water partition coefficient (Wildman–Crippen LogP) is 2.16. The van der Waals surface area contributed by atoms with E-state index in [2.05, 4.69) is 11.9 Å². The molecule has 7 heteroatoms. The monoisotopic (exact) mass is 358 g/mol. The summed E-state index contributed by atoms with van der Waals surface area (Å²) < 4.78 is 11.2.